The summed E-state index contributed by atoms with van der Waals surface area (Å²) in [5.41, 5.74) is -0.120. The Labute approximate surface area is 149 Å². The molecule has 0 unspecified atom stereocenters. The SMILES string of the molecule is C[C@@H](C(=O)N1CCNC1=O)[NH+]1CCN(c2cccc(C(F)(F)F)c2)CC1. The first-order valence-corrected chi connectivity index (χ1v) is 8.63. The number of rotatable bonds is 3. The van der Waals surface area contributed by atoms with Crippen molar-refractivity contribution in [2.24, 2.45) is 0 Å². The number of piperazine rings is 1. The lowest BCUT2D eigenvalue weighted by atomic mass is 10.1. The molecule has 2 aliphatic heterocycles. The van der Waals surface area contributed by atoms with Gasteiger partial charge in [0, 0.05) is 18.8 Å². The average molecular weight is 371 g/mol. The highest BCUT2D eigenvalue weighted by Gasteiger charge is 2.37. The summed E-state index contributed by atoms with van der Waals surface area (Å²) in [6.45, 7) is 5.00. The Balaban J connectivity index is 1.60. The fourth-order valence-electron chi connectivity index (χ4n) is 3.45. The number of imide groups is 1. The molecule has 1 atom stereocenters. The fraction of sp³-hybridized carbons (Fsp3) is 0.529. The number of nitrogens with zero attached hydrogens (tertiary/aromatic N) is 2. The van der Waals surface area contributed by atoms with Crippen molar-refractivity contribution < 1.29 is 27.7 Å². The molecule has 3 rings (SSSR count). The van der Waals surface area contributed by atoms with Crippen LogP contribution in [0.15, 0.2) is 24.3 Å². The molecule has 2 saturated heterocycles. The highest BCUT2D eigenvalue weighted by Crippen LogP contribution is 2.31. The van der Waals surface area contributed by atoms with E-state index in [1.54, 1.807) is 13.0 Å². The van der Waals surface area contributed by atoms with Crippen LogP contribution in [0.3, 0.4) is 0 Å². The van der Waals surface area contributed by atoms with E-state index in [0.717, 1.165) is 17.0 Å². The molecule has 2 N–H and O–H groups in total. The molecule has 0 radical (unpaired) electrons. The number of benzene rings is 1. The number of alkyl halides is 3. The van der Waals surface area contributed by atoms with Crippen molar-refractivity contribution in [1.82, 2.24) is 10.2 Å². The molecule has 6 nitrogen and oxygen atoms in total. The maximum atomic E-state index is 12.9. The summed E-state index contributed by atoms with van der Waals surface area (Å²) in [6.07, 6.45) is -4.36. The zero-order valence-corrected chi connectivity index (χ0v) is 14.5. The Morgan fingerprint density at radius 2 is 1.92 bits per heavy atom. The highest BCUT2D eigenvalue weighted by atomic mass is 19.4. The monoisotopic (exact) mass is 371 g/mol. The van der Waals surface area contributed by atoms with Crippen LogP contribution < -0.4 is 15.1 Å². The third-order valence-electron chi connectivity index (χ3n) is 5.05. The van der Waals surface area contributed by atoms with Crippen molar-refractivity contribution in [3.8, 4) is 0 Å². The molecule has 2 heterocycles. The number of quaternary nitrogens is 1. The van der Waals surface area contributed by atoms with Crippen LogP contribution in [0.5, 0.6) is 0 Å². The van der Waals surface area contributed by atoms with Crippen molar-refractivity contribution in [2.45, 2.75) is 19.1 Å². The minimum Gasteiger partial charge on any atom is -0.360 e. The standard InChI is InChI=1S/C17H21F3N4O2/c1-12(15(25)24-6-5-21-16(24)26)22-7-9-23(10-8-22)14-4-2-3-13(11-14)17(18,19)20/h2-4,11-12H,5-10H2,1H3,(H,21,26)/p+1/t12-/m0/s1. The summed E-state index contributed by atoms with van der Waals surface area (Å²) >= 11 is 0. The average Bonchev–Trinajstić information content (AvgIpc) is 3.06. The van der Waals surface area contributed by atoms with Gasteiger partial charge in [-0.25, -0.2) is 4.79 Å². The second-order valence-electron chi connectivity index (χ2n) is 6.64. The molecule has 2 aliphatic rings. The smallest absolute Gasteiger partial charge is 0.360 e. The first-order chi connectivity index (χ1) is 12.3. The number of halogens is 3. The summed E-state index contributed by atoms with van der Waals surface area (Å²) in [5.74, 6) is -0.206. The molecule has 9 heteroatoms. The number of anilines is 1. The van der Waals surface area contributed by atoms with E-state index in [9.17, 15) is 22.8 Å². The van der Waals surface area contributed by atoms with E-state index >= 15 is 0 Å². The van der Waals surface area contributed by atoms with Gasteiger partial charge in [-0.1, -0.05) is 6.07 Å². The summed E-state index contributed by atoms with van der Waals surface area (Å²) in [5, 5.41) is 2.61. The number of carbonyl (C=O) groups excluding carboxylic acids is 2. The van der Waals surface area contributed by atoms with Gasteiger partial charge in [0.05, 0.1) is 31.7 Å². The van der Waals surface area contributed by atoms with E-state index in [4.69, 9.17) is 0 Å². The van der Waals surface area contributed by atoms with E-state index in [1.807, 2.05) is 4.90 Å². The summed E-state index contributed by atoms with van der Waals surface area (Å²) in [4.78, 5) is 28.3. The first-order valence-electron chi connectivity index (χ1n) is 8.63. The number of nitrogens with one attached hydrogen (secondary N) is 2. The predicted octanol–water partition coefficient (Wildman–Crippen LogP) is 0.351. The molecule has 3 amide bonds. The van der Waals surface area contributed by atoms with Gasteiger partial charge in [0.15, 0.2) is 6.04 Å². The highest BCUT2D eigenvalue weighted by molar-refractivity contribution is 5.97. The Morgan fingerprint density at radius 1 is 1.23 bits per heavy atom. The van der Waals surface area contributed by atoms with Crippen molar-refractivity contribution in [3.63, 3.8) is 0 Å². The van der Waals surface area contributed by atoms with Gasteiger partial charge in [-0.3, -0.25) is 9.69 Å². The maximum absolute atomic E-state index is 12.9. The second kappa shape index (κ2) is 7.14. The zero-order valence-electron chi connectivity index (χ0n) is 14.5. The summed E-state index contributed by atoms with van der Waals surface area (Å²) in [7, 11) is 0. The van der Waals surface area contributed by atoms with Gasteiger partial charge >= 0.3 is 12.2 Å². The van der Waals surface area contributed by atoms with Gasteiger partial charge < -0.3 is 15.1 Å². The molecule has 26 heavy (non-hydrogen) atoms. The number of amides is 3. The van der Waals surface area contributed by atoms with E-state index in [1.165, 1.54) is 11.0 Å². The fourth-order valence-corrected chi connectivity index (χ4v) is 3.45. The third-order valence-corrected chi connectivity index (χ3v) is 5.05. The molecule has 1 aromatic rings. The molecule has 2 fully saturated rings. The molecule has 0 bridgehead atoms. The number of hydrogen-bond donors (Lipinski definition) is 2. The topological polar surface area (TPSA) is 57.1 Å². The van der Waals surface area contributed by atoms with Crippen LogP contribution >= 0.6 is 0 Å². The summed E-state index contributed by atoms with van der Waals surface area (Å²) < 4.78 is 38.6. The normalized spacial score (nSPS) is 20.2. The van der Waals surface area contributed by atoms with Crippen LogP contribution in [0.1, 0.15) is 12.5 Å². The van der Waals surface area contributed by atoms with Gasteiger partial charge in [-0.15, -0.1) is 0 Å². The maximum Gasteiger partial charge on any atom is 0.416 e. The Kier molecular flexibility index (Phi) is 5.08. The van der Waals surface area contributed by atoms with Gasteiger partial charge in [-0.2, -0.15) is 13.2 Å². The lowest BCUT2D eigenvalue weighted by molar-refractivity contribution is -0.915. The Hall–Kier alpha value is -2.29. The van der Waals surface area contributed by atoms with Gasteiger partial charge in [-0.05, 0) is 25.1 Å². The molecule has 0 aliphatic carbocycles. The van der Waals surface area contributed by atoms with Gasteiger partial charge in [0.25, 0.3) is 5.91 Å². The molecule has 0 aromatic heterocycles. The van der Waals surface area contributed by atoms with E-state index in [-0.39, 0.29) is 18.0 Å². The van der Waals surface area contributed by atoms with Crippen molar-refractivity contribution in [3.05, 3.63) is 29.8 Å². The van der Waals surface area contributed by atoms with Crippen molar-refractivity contribution >= 4 is 17.6 Å². The number of carbonyl (C=O) groups is 2. The lowest BCUT2D eigenvalue weighted by Gasteiger charge is -2.36. The Bertz CT molecular complexity index is 687. The molecular weight excluding hydrogens is 349 g/mol. The minimum absolute atomic E-state index is 0.206. The molecule has 0 saturated carbocycles. The largest absolute Gasteiger partial charge is 0.416 e. The lowest BCUT2D eigenvalue weighted by Crippen LogP contribution is -3.19. The molecule has 142 valence electrons. The predicted molar refractivity (Wildman–Crippen MR) is 88.9 cm³/mol. The van der Waals surface area contributed by atoms with E-state index in [0.29, 0.717) is 45.0 Å². The van der Waals surface area contributed by atoms with Crippen LogP contribution in [0.4, 0.5) is 23.7 Å². The van der Waals surface area contributed by atoms with Crippen molar-refractivity contribution in [2.75, 3.05) is 44.2 Å². The third kappa shape index (κ3) is 3.77. The molecular formula is C17H22F3N4O2+. The number of urea groups is 1. The van der Waals surface area contributed by atoms with E-state index < -0.39 is 11.7 Å². The minimum atomic E-state index is -4.36. The number of hydrogen-bond acceptors (Lipinski definition) is 3. The molecule has 0 spiro atoms. The zero-order chi connectivity index (χ0) is 18.9. The van der Waals surface area contributed by atoms with E-state index in [2.05, 4.69) is 5.32 Å². The first kappa shape index (κ1) is 18.5. The van der Waals surface area contributed by atoms with Crippen molar-refractivity contribution in [1.29, 1.82) is 0 Å². The van der Waals surface area contributed by atoms with Crippen LogP contribution in [-0.2, 0) is 11.0 Å². The van der Waals surface area contributed by atoms with Gasteiger partial charge in [0.1, 0.15) is 0 Å². The van der Waals surface area contributed by atoms with Crippen LogP contribution in [0.25, 0.3) is 0 Å². The Morgan fingerprint density at radius 3 is 2.50 bits per heavy atom. The van der Waals surface area contributed by atoms with Gasteiger partial charge in [0.2, 0.25) is 0 Å². The molecule has 1 aromatic carbocycles. The van der Waals surface area contributed by atoms with Crippen LogP contribution in [0.2, 0.25) is 0 Å². The summed E-state index contributed by atoms with van der Waals surface area (Å²) in [6, 6.07) is 4.59. The quantitative estimate of drug-likeness (QED) is 0.806. The van der Waals surface area contributed by atoms with Crippen LogP contribution in [0, 0.1) is 0 Å². The van der Waals surface area contributed by atoms with Crippen LogP contribution in [-0.4, -0.2) is 62.1 Å². The second-order valence-corrected chi connectivity index (χ2v) is 6.64.